The number of aryl methyl sites for hydroxylation is 4. The van der Waals surface area contributed by atoms with E-state index >= 15 is 0 Å². The fourth-order valence-corrected chi connectivity index (χ4v) is 3.37. The molecule has 2 aromatic heterocycles. The van der Waals surface area contributed by atoms with Crippen LogP contribution in [0.3, 0.4) is 0 Å². The topological polar surface area (TPSA) is 79.6 Å². The molecule has 0 saturated carbocycles. The first-order valence-corrected chi connectivity index (χ1v) is 9.67. The molecule has 3 aromatic rings. The first-order chi connectivity index (χ1) is 13.7. The molecule has 0 bridgehead atoms. The normalized spacial score (nSPS) is 10.9. The van der Waals surface area contributed by atoms with Gasteiger partial charge in [0, 0.05) is 36.6 Å². The SMILES string of the molecule is Cc1ccc(NC(=O)CN(C)C(=O)CCc2c(C)nc3cc(C)nn3c2C)cc1. The van der Waals surface area contributed by atoms with Crippen molar-refractivity contribution >= 4 is 23.1 Å². The smallest absolute Gasteiger partial charge is 0.243 e. The maximum Gasteiger partial charge on any atom is 0.243 e. The fourth-order valence-electron chi connectivity index (χ4n) is 3.37. The Morgan fingerprint density at radius 3 is 2.48 bits per heavy atom. The summed E-state index contributed by atoms with van der Waals surface area (Å²) in [4.78, 5) is 30.8. The van der Waals surface area contributed by atoms with Gasteiger partial charge in [0.25, 0.3) is 0 Å². The van der Waals surface area contributed by atoms with Crippen molar-refractivity contribution < 1.29 is 9.59 Å². The molecule has 0 aliphatic carbocycles. The van der Waals surface area contributed by atoms with Crippen LogP contribution in [-0.2, 0) is 16.0 Å². The van der Waals surface area contributed by atoms with Crippen LogP contribution in [0.15, 0.2) is 30.3 Å². The van der Waals surface area contributed by atoms with Gasteiger partial charge in [-0.25, -0.2) is 9.50 Å². The van der Waals surface area contributed by atoms with E-state index in [0.29, 0.717) is 12.8 Å². The van der Waals surface area contributed by atoms with E-state index in [2.05, 4.69) is 15.4 Å². The van der Waals surface area contributed by atoms with E-state index in [-0.39, 0.29) is 18.4 Å². The minimum atomic E-state index is -0.216. The monoisotopic (exact) mass is 393 g/mol. The Hall–Kier alpha value is -3.22. The average molecular weight is 393 g/mol. The molecule has 0 atom stereocenters. The number of hydrogen-bond acceptors (Lipinski definition) is 4. The third-order valence-electron chi connectivity index (χ3n) is 5.02. The maximum atomic E-state index is 12.5. The third-order valence-corrected chi connectivity index (χ3v) is 5.02. The van der Waals surface area contributed by atoms with Gasteiger partial charge in [0.1, 0.15) is 0 Å². The molecule has 3 rings (SSSR count). The van der Waals surface area contributed by atoms with Crippen LogP contribution >= 0.6 is 0 Å². The van der Waals surface area contributed by atoms with E-state index in [1.807, 2.05) is 62.5 Å². The van der Waals surface area contributed by atoms with E-state index in [0.717, 1.165) is 39.5 Å². The molecule has 0 saturated heterocycles. The van der Waals surface area contributed by atoms with Crippen LogP contribution in [0.5, 0.6) is 0 Å². The lowest BCUT2D eigenvalue weighted by molar-refractivity contribution is -0.133. The number of nitrogens with one attached hydrogen (secondary N) is 1. The van der Waals surface area contributed by atoms with Crippen molar-refractivity contribution in [3.63, 3.8) is 0 Å². The molecule has 0 unspecified atom stereocenters. The Kier molecular flexibility index (Phi) is 5.96. The molecule has 1 N–H and O–H groups in total. The molecule has 0 radical (unpaired) electrons. The van der Waals surface area contributed by atoms with Crippen molar-refractivity contribution in [1.29, 1.82) is 0 Å². The van der Waals surface area contributed by atoms with E-state index < -0.39 is 0 Å². The Morgan fingerprint density at radius 2 is 1.79 bits per heavy atom. The largest absolute Gasteiger partial charge is 0.336 e. The second-order valence-electron chi connectivity index (χ2n) is 7.48. The van der Waals surface area contributed by atoms with Gasteiger partial charge in [0.2, 0.25) is 11.8 Å². The van der Waals surface area contributed by atoms with Crippen LogP contribution in [0.25, 0.3) is 5.65 Å². The molecule has 0 spiro atoms. The van der Waals surface area contributed by atoms with Gasteiger partial charge in [-0.15, -0.1) is 0 Å². The fraction of sp³-hybridized carbons (Fsp3) is 0.364. The highest BCUT2D eigenvalue weighted by Crippen LogP contribution is 2.17. The summed E-state index contributed by atoms with van der Waals surface area (Å²) >= 11 is 0. The van der Waals surface area contributed by atoms with Gasteiger partial charge >= 0.3 is 0 Å². The molecule has 7 heteroatoms. The van der Waals surface area contributed by atoms with Crippen LogP contribution in [0.4, 0.5) is 5.69 Å². The molecule has 0 aliphatic heterocycles. The summed E-state index contributed by atoms with van der Waals surface area (Å²) in [5.41, 5.74) is 6.49. The van der Waals surface area contributed by atoms with Gasteiger partial charge in [0.05, 0.1) is 12.2 Å². The van der Waals surface area contributed by atoms with Crippen LogP contribution in [0, 0.1) is 27.7 Å². The average Bonchev–Trinajstić information content (AvgIpc) is 3.03. The van der Waals surface area contributed by atoms with Gasteiger partial charge in [-0.05, 0) is 51.8 Å². The molecular weight excluding hydrogens is 366 g/mol. The molecule has 0 fully saturated rings. The summed E-state index contributed by atoms with van der Waals surface area (Å²) in [6.07, 6.45) is 0.867. The highest BCUT2D eigenvalue weighted by Gasteiger charge is 2.16. The third kappa shape index (κ3) is 4.80. The van der Waals surface area contributed by atoms with Gasteiger partial charge in [-0.2, -0.15) is 5.10 Å². The van der Waals surface area contributed by atoms with Crippen molar-refractivity contribution in [1.82, 2.24) is 19.5 Å². The van der Waals surface area contributed by atoms with Crippen LogP contribution in [0.1, 0.15) is 34.6 Å². The number of rotatable bonds is 6. The minimum absolute atomic E-state index is 0.0142. The summed E-state index contributed by atoms with van der Waals surface area (Å²) in [6, 6.07) is 9.50. The molecule has 7 nitrogen and oxygen atoms in total. The number of fused-ring (bicyclic) bond motifs is 1. The van der Waals surface area contributed by atoms with Crippen molar-refractivity contribution in [2.75, 3.05) is 18.9 Å². The van der Waals surface area contributed by atoms with Crippen LogP contribution < -0.4 is 5.32 Å². The van der Waals surface area contributed by atoms with Gasteiger partial charge in [-0.1, -0.05) is 17.7 Å². The molecule has 0 aliphatic rings. The number of aromatic nitrogens is 3. The van der Waals surface area contributed by atoms with Crippen LogP contribution in [-0.4, -0.2) is 44.9 Å². The number of carbonyl (C=O) groups is 2. The number of nitrogens with zero attached hydrogens (tertiary/aromatic N) is 4. The maximum absolute atomic E-state index is 12.5. The zero-order valence-electron chi connectivity index (χ0n) is 17.6. The Labute approximate surface area is 170 Å². The summed E-state index contributed by atoms with van der Waals surface area (Å²) in [5, 5.41) is 7.28. The van der Waals surface area contributed by atoms with E-state index in [4.69, 9.17) is 0 Å². The summed E-state index contributed by atoms with van der Waals surface area (Å²) < 4.78 is 1.82. The highest BCUT2D eigenvalue weighted by molar-refractivity contribution is 5.94. The summed E-state index contributed by atoms with van der Waals surface area (Å²) in [5.74, 6) is -0.299. The number of likely N-dealkylation sites (N-methyl/N-ethyl adjacent to an activating group) is 1. The quantitative estimate of drug-likeness (QED) is 0.698. The number of carbonyl (C=O) groups excluding carboxylic acids is 2. The van der Waals surface area contributed by atoms with Crippen molar-refractivity contribution in [2.45, 2.75) is 40.5 Å². The van der Waals surface area contributed by atoms with Crippen molar-refractivity contribution in [3.05, 3.63) is 58.5 Å². The molecule has 2 heterocycles. The molecule has 2 amide bonds. The number of anilines is 1. The predicted molar refractivity (Wildman–Crippen MR) is 113 cm³/mol. The first-order valence-electron chi connectivity index (χ1n) is 9.67. The van der Waals surface area contributed by atoms with Gasteiger partial charge in [0.15, 0.2) is 5.65 Å². The lowest BCUT2D eigenvalue weighted by Gasteiger charge is -2.18. The molecule has 152 valence electrons. The Bertz CT molecular complexity index is 1050. The van der Waals surface area contributed by atoms with E-state index in [1.54, 1.807) is 7.05 Å². The standard InChI is InChI=1S/C22H27N5O2/c1-14-6-8-18(9-7-14)24-21(28)13-26(5)22(29)11-10-19-16(3)23-20-12-15(2)25-27(20)17(19)4/h6-9,12H,10-11,13H2,1-5H3,(H,24,28). The summed E-state index contributed by atoms with van der Waals surface area (Å²) in [6.45, 7) is 7.88. The van der Waals surface area contributed by atoms with Crippen LogP contribution in [0.2, 0.25) is 0 Å². The molecule has 1 aromatic carbocycles. The van der Waals surface area contributed by atoms with Crippen molar-refractivity contribution in [2.24, 2.45) is 0 Å². The second-order valence-corrected chi connectivity index (χ2v) is 7.48. The molecule has 29 heavy (non-hydrogen) atoms. The minimum Gasteiger partial charge on any atom is -0.336 e. The zero-order chi connectivity index (χ0) is 21.1. The predicted octanol–water partition coefficient (Wildman–Crippen LogP) is 2.99. The molecular formula is C22H27N5O2. The number of hydrogen-bond donors (Lipinski definition) is 1. The van der Waals surface area contributed by atoms with E-state index in [9.17, 15) is 9.59 Å². The number of benzene rings is 1. The lowest BCUT2D eigenvalue weighted by atomic mass is 10.1. The second kappa shape index (κ2) is 8.43. The Morgan fingerprint density at radius 1 is 1.10 bits per heavy atom. The van der Waals surface area contributed by atoms with Crippen molar-refractivity contribution in [3.8, 4) is 0 Å². The van der Waals surface area contributed by atoms with Gasteiger partial charge in [-0.3, -0.25) is 9.59 Å². The highest BCUT2D eigenvalue weighted by atomic mass is 16.2. The van der Waals surface area contributed by atoms with Gasteiger partial charge < -0.3 is 10.2 Å². The zero-order valence-corrected chi connectivity index (χ0v) is 17.6. The summed E-state index contributed by atoms with van der Waals surface area (Å²) in [7, 11) is 1.65. The first kappa shape index (κ1) is 20.5. The van der Waals surface area contributed by atoms with E-state index in [1.165, 1.54) is 4.90 Å². The number of amides is 2. The lowest BCUT2D eigenvalue weighted by Crippen LogP contribution is -2.35. The Balaban J connectivity index is 1.59.